The van der Waals surface area contributed by atoms with Gasteiger partial charge in [-0.15, -0.1) is 0 Å². The van der Waals surface area contributed by atoms with Crippen LogP contribution in [0.15, 0.2) is 72.8 Å². The Bertz CT molecular complexity index is 1160. The lowest BCUT2D eigenvalue weighted by Gasteiger charge is -2.34. The molecule has 1 aliphatic heterocycles. The van der Waals surface area contributed by atoms with Crippen LogP contribution in [-0.4, -0.2) is 60.9 Å². The van der Waals surface area contributed by atoms with Crippen molar-refractivity contribution in [2.45, 2.75) is 38.5 Å². The smallest absolute Gasteiger partial charge is 0.251 e. The van der Waals surface area contributed by atoms with Gasteiger partial charge in [0, 0.05) is 37.7 Å². The third kappa shape index (κ3) is 8.45. The molecule has 0 atom stereocenters. The van der Waals surface area contributed by atoms with E-state index in [0.29, 0.717) is 18.7 Å². The second-order valence-electron chi connectivity index (χ2n) is 10.3. The SMILES string of the molecule is Cc1ccc(C(=O)NCC(=O)N2CCN(CCCCCC(c3ccc(F)cc3)c3ccc(F)cc3)CC2)cc1. The van der Waals surface area contributed by atoms with Crippen molar-refractivity contribution in [2.24, 2.45) is 0 Å². The van der Waals surface area contributed by atoms with Crippen LogP contribution >= 0.6 is 0 Å². The summed E-state index contributed by atoms with van der Waals surface area (Å²) in [5, 5.41) is 2.73. The van der Waals surface area contributed by atoms with E-state index in [1.165, 1.54) is 24.3 Å². The molecular formula is C32H37F2N3O2. The first-order chi connectivity index (χ1) is 18.9. The number of unbranched alkanes of at least 4 members (excludes halogenated alkanes) is 2. The van der Waals surface area contributed by atoms with Gasteiger partial charge in [-0.2, -0.15) is 0 Å². The predicted molar refractivity (Wildman–Crippen MR) is 150 cm³/mol. The maximum Gasteiger partial charge on any atom is 0.251 e. The number of piperazine rings is 1. The van der Waals surface area contributed by atoms with Gasteiger partial charge in [-0.3, -0.25) is 14.5 Å². The van der Waals surface area contributed by atoms with E-state index in [1.807, 2.05) is 48.2 Å². The van der Waals surface area contributed by atoms with Crippen molar-refractivity contribution in [1.29, 1.82) is 0 Å². The molecule has 0 aromatic heterocycles. The van der Waals surface area contributed by atoms with Crippen molar-refractivity contribution in [3.63, 3.8) is 0 Å². The number of halogens is 2. The van der Waals surface area contributed by atoms with Crippen molar-refractivity contribution < 1.29 is 18.4 Å². The summed E-state index contributed by atoms with van der Waals surface area (Å²) < 4.78 is 26.9. The molecule has 0 aliphatic carbocycles. The molecule has 1 N–H and O–H groups in total. The van der Waals surface area contributed by atoms with E-state index in [2.05, 4.69) is 10.2 Å². The summed E-state index contributed by atoms with van der Waals surface area (Å²) in [4.78, 5) is 29.1. The molecule has 3 aromatic carbocycles. The molecule has 39 heavy (non-hydrogen) atoms. The van der Waals surface area contributed by atoms with Gasteiger partial charge in [0.2, 0.25) is 5.91 Å². The van der Waals surface area contributed by atoms with Gasteiger partial charge in [0.05, 0.1) is 6.54 Å². The lowest BCUT2D eigenvalue weighted by atomic mass is 9.87. The van der Waals surface area contributed by atoms with Crippen LogP contribution in [0, 0.1) is 18.6 Å². The van der Waals surface area contributed by atoms with Crippen LogP contribution in [0.25, 0.3) is 0 Å². The zero-order chi connectivity index (χ0) is 27.6. The number of hydrogen-bond donors (Lipinski definition) is 1. The van der Waals surface area contributed by atoms with Gasteiger partial charge < -0.3 is 10.2 Å². The highest BCUT2D eigenvalue weighted by Crippen LogP contribution is 2.30. The molecule has 1 aliphatic rings. The summed E-state index contributed by atoms with van der Waals surface area (Å²) in [6.07, 6.45) is 4.04. The number of nitrogens with one attached hydrogen (secondary N) is 1. The van der Waals surface area contributed by atoms with Crippen LogP contribution in [0.4, 0.5) is 8.78 Å². The maximum absolute atomic E-state index is 13.5. The van der Waals surface area contributed by atoms with Crippen LogP contribution in [0.1, 0.15) is 58.6 Å². The van der Waals surface area contributed by atoms with Gasteiger partial charge in [-0.1, -0.05) is 54.8 Å². The van der Waals surface area contributed by atoms with Crippen LogP contribution in [-0.2, 0) is 4.79 Å². The van der Waals surface area contributed by atoms with Crippen molar-refractivity contribution in [3.8, 4) is 0 Å². The molecule has 0 radical (unpaired) electrons. The van der Waals surface area contributed by atoms with Gasteiger partial charge >= 0.3 is 0 Å². The van der Waals surface area contributed by atoms with Crippen molar-refractivity contribution >= 4 is 11.8 Å². The monoisotopic (exact) mass is 533 g/mol. The molecule has 0 spiro atoms. The number of carbonyl (C=O) groups is 2. The van der Waals surface area contributed by atoms with E-state index < -0.39 is 0 Å². The van der Waals surface area contributed by atoms with Crippen molar-refractivity contribution in [2.75, 3.05) is 39.3 Å². The number of amides is 2. The van der Waals surface area contributed by atoms with Crippen molar-refractivity contribution in [3.05, 3.63) is 107 Å². The summed E-state index contributed by atoms with van der Waals surface area (Å²) in [5.41, 5.74) is 3.72. The normalized spacial score (nSPS) is 14.0. The number of carbonyl (C=O) groups excluding carboxylic acids is 2. The summed E-state index contributed by atoms with van der Waals surface area (Å²) in [7, 11) is 0. The maximum atomic E-state index is 13.5. The molecule has 1 saturated heterocycles. The minimum atomic E-state index is -0.259. The Labute approximate surface area is 229 Å². The number of benzene rings is 3. The van der Waals surface area contributed by atoms with Gasteiger partial charge in [-0.05, 0) is 73.8 Å². The lowest BCUT2D eigenvalue weighted by Crippen LogP contribution is -2.51. The first kappa shape index (κ1) is 28.4. The molecule has 0 unspecified atom stereocenters. The van der Waals surface area contributed by atoms with Gasteiger partial charge in [0.25, 0.3) is 5.91 Å². The molecular weight excluding hydrogens is 496 g/mol. The molecule has 1 heterocycles. The van der Waals surface area contributed by atoms with E-state index in [9.17, 15) is 18.4 Å². The molecule has 3 aromatic rings. The number of hydrogen-bond acceptors (Lipinski definition) is 3. The molecule has 2 amide bonds. The fraction of sp³-hybridized carbons (Fsp3) is 0.375. The summed E-state index contributed by atoms with van der Waals surface area (Å²) in [5.74, 6) is -0.700. The standard InChI is InChI=1S/C32H37F2N3O2/c1-24-6-8-27(9-7-24)32(39)35-23-31(38)37-21-19-36(20-22-37)18-4-2-3-5-30(25-10-14-28(33)15-11-25)26-12-16-29(34)17-13-26/h6-17,30H,2-5,18-23H2,1H3,(H,35,39). The van der Waals surface area contributed by atoms with Crippen molar-refractivity contribution in [1.82, 2.24) is 15.1 Å². The molecule has 5 nitrogen and oxygen atoms in total. The van der Waals surface area contributed by atoms with E-state index in [1.54, 1.807) is 12.1 Å². The van der Waals surface area contributed by atoms with Crippen LogP contribution < -0.4 is 5.32 Å². The second kappa shape index (κ2) is 14.0. The topological polar surface area (TPSA) is 52.7 Å². The van der Waals surface area contributed by atoms with Crippen LogP contribution in [0.3, 0.4) is 0 Å². The van der Waals surface area contributed by atoms with Gasteiger partial charge in [0.1, 0.15) is 11.6 Å². The largest absolute Gasteiger partial charge is 0.343 e. The first-order valence-electron chi connectivity index (χ1n) is 13.7. The zero-order valence-electron chi connectivity index (χ0n) is 22.5. The highest BCUT2D eigenvalue weighted by atomic mass is 19.1. The average molecular weight is 534 g/mol. The third-order valence-corrected chi connectivity index (χ3v) is 7.45. The fourth-order valence-corrected chi connectivity index (χ4v) is 5.07. The summed E-state index contributed by atoms with van der Waals surface area (Å²) >= 11 is 0. The van der Waals surface area contributed by atoms with Gasteiger partial charge in [-0.25, -0.2) is 8.78 Å². The minimum absolute atomic E-state index is 0.00991. The molecule has 0 bridgehead atoms. The summed E-state index contributed by atoms with van der Waals surface area (Å²) in [6, 6.07) is 20.5. The highest BCUT2D eigenvalue weighted by Gasteiger charge is 2.21. The quantitative estimate of drug-likeness (QED) is 0.330. The first-order valence-corrected chi connectivity index (χ1v) is 13.7. The van der Waals surface area contributed by atoms with Crippen LogP contribution in [0.2, 0.25) is 0 Å². The zero-order valence-corrected chi connectivity index (χ0v) is 22.5. The highest BCUT2D eigenvalue weighted by molar-refractivity contribution is 5.96. The minimum Gasteiger partial charge on any atom is -0.343 e. The van der Waals surface area contributed by atoms with E-state index in [4.69, 9.17) is 0 Å². The molecule has 0 saturated carbocycles. The Morgan fingerprint density at radius 1 is 0.769 bits per heavy atom. The Balaban J connectivity index is 1.15. The Kier molecular flexibility index (Phi) is 10.2. The Morgan fingerprint density at radius 2 is 1.33 bits per heavy atom. The number of rotatable bonds is 11. The average Bonchev–Trinajstić information content (AvgIpc) is 2.95. The van der Waals surface area contributed by atoms with E-state index in [-0.39, 0.29) is 35.9 Å². The second-order valence-corrected chi connectivity index (χ2v) is 10.3. The van der Waals surface area contributed by atoms with E-state index >= 15 is 0 Å². The molecule has 7 heteroatoms. The number of nitrogens with zero attached hydrogens (tertiary/aromatic N) is 2. The predicted octanol–water partition coefficient (Wildman–Crippen LogP) is 5.54. The van der Waals surface area contributed by atoms with E-state index in [0.717, 1.165) is 62.0 Å². The van der Waals surface area contributed by atoms with Crippen LogP contribution in [0.5, 0.6) is 0 Å². The fourth-order valence-electron chi connectivity index (χ4n) is 5.07. The third-order valence-electron chi connectivity index (χ3n) is 7.45. The summed E-state index contributed by atoms with van der Waals surface area (Å²) in [6.45, 7) is 5.93. The number of aryl methyl sites for hydroxylation is 1. The molecule has 1 fully saturated rings. The van der Waals surface area contributed by atoms with Gasteiger partial charge in [0.15, 0.2) is 0 Å². The molecule has 4 rings (SSSR count). The lowest BCUT2D eigenvalue weighted by molar-refractivity contribution is -0.131. The Morgan fingerprint density at radius 3 is 1.90 bits per heavy atom. The molecule has 206 valence electrons. The Hall–Kier alpha value is -3.58.